The molecule has 0 saturated heterocycles. The lowest BCUT2D eigenvalue weighted by atomic mass is 10.3. The number of carbonyl (C=O) groups excluding carboxylic acids is 2. The first kappa shape index (κ1) is 18.5. The number of likely N-dealkylation sites (N-methyl/N-ethyl adjacent to an activating group) is 1. The van der Waals surface area contributed by atoms with Crippen LogP contribution in [-0.4, -0.2) is 53.4 Å². The van der Waals surface area contributed by atoms with Gasteiger partial charge >= 0.3 is 6.03 Å². The highest BCUT2D eigenvalue weighted by atomic mass is 35.5. The third kappa shape index (κ3) is 5.03. The average Bonchev–Trinajstić information content (AvgIpc) is 2.48. The van der Waals surface area contributed by atoms with Gasteiger partial charge in [0.1, 0.15) is 6.04 Å². The van der Waals surface area contributed by atoms with E-state index in [2.05, 4.69) is 10.3 Å². The summed E-state index contributed by atoms with van der Waals surface area (Å²) in [6, 6.07) is 0.589. The Morgan fingerprint density at radius 1 is 1.32 bits per heavy atom. The summed E-state index contributed by atoms with van der Waals surface area (Å²) in [6.07, 6.45) is 1.47. The van der Waals surface area contributed by atoms with Gasteiger partial charge in [-0.05, 0) is 19.9 Å². The molecule has 0 aliphatic rings. The number of amides is 3. The minimum atomic E-state index is -0.603. The van der Waals surface area contributed by atoms with Crippen LogP contribution in [0.5, 0.6) is 0 Å². The minimum absolute atomic E-state index is 0.146. The second kappa shape index (κ2) is 8.19. The molecule has 0 aliphatic carbocycles. The minimum Gasteiger partial charge on any atom is -0.344 e. The summed E-state index contributed by atoms with van der Waals surface area (Å²) < 4.78 is 0. The van der Waals surface area contributed by atoms with Crippen LogP contribution in [-0.2, 0) is 11.3 Å². The quantitative estimate of drug-likeness (QED) is 0.890. The van der Waals surface area contributed by atoms with Gasteiger partial charge in [0.15, 0.2) is 0 Å². The summed E-state index contributed by atoms with van der Waals surface area (Å²) in [5, 5.41) is 3.47. The van der Waals surface area contributed by atoms with Gasteiger partial charge in [0, 0.05) is 26.8 Å². The number of pyridine rings is 1. The third-order valence-corrected chi connectivity index (χ3v) is 3.71. The predicted molar refractivity (Wildman–Crippen MR) is 87.0 cm³/mol. The standard InChI is InChI=1S/C14H20Cl2N4O2/c1-5-19(3)13(21)9(2)18-14(22)20(4)8-12-11(16)6-10(15)7-17-12/h6-7,9H,5,8H2,1-4H3,(H,18,22). The van der Waals surface area contributed by atoms with Crippen LogP contribution in [0.4, 0.5) is 4.79 Å². The molecule has 1 N–H and O–H groups in total. The van der Waals surface area contributed by atoms with E-state index in [-0.39, 0.29) is 18.5 Å². The number of rotatable bonds is 5. The zero-order valence-electron chi connectivity index (χ0n) is 13.1. The number of nitrogens with zero attached hydrogens (tertiary/aromatic N) is 3. The van der Waals surface area contributed by atoms with E-state index in [0.29, 0.717) is 22.3 Å². The van der Waals surface area contributed by atoms with E-state index in [0.717, 1.165) is 0 Å². The van der Waals surface area contributed by atoms with Gasteiger partial charge in [0.2, 0.25) is 5.91 Å². The Hall–Kier alpha value is -1.53. The lowest BCUT2D eigenvalue weighted by Gasteiger charge is -2.24. The second-order valence-corrected chi connectivity index (χ2v) is 5.81. The van der Waals surface area contributed by atoms with Crippen LogP contribution in [0.25, 0.3) is 0 Å². The number of aromatic nitrogens is 1. The topological polar surface area (TPSA) is 65.5 Å². The molecule has 0 radical (unpaired) electrons. The van der Waals surface area contributed by atoms with E-state index < -0.39 is 6.04 Å². The van der Waals surface area contributed by atoms with Crippen LogP contribution >= 0.6 is 23.2 Å². The van der Waals surface area contributed by atoms with Gasteiger partial charge in [-0.15, -0.1) is 0 Å². The van der Waals surface area contributed by atoms with Gasteiger partial charge < -0.3 is 15.1 Å². The van der Waals surface area contributed by atoms with Crippen LogP contribution in [0.1, 0.15) is 19.5 Å². The third-order valence-electron chi connectivity index (χ3n) is 3.18. The largest absolute Gasteiger partial charge is 0.344 e. The Morgan fingerprint density at radius 2 is 1.95 bits per heavy atom. The van der Waals surface area contributed by atoms with Crippen LogP contribution in [0, 0.1) is 0 Å². The fourth-order valence-corrected chi connectivity index (χ4v) is 2.14. The molecule has 0 saturated carbocycles. The van der Waals surface area contributed by atoms with Gasteiger partial charge in [0.05, 0.1) is 22.3 Å². The molecule has 3 amide bonds. The summed E-state index contributed by atoms with van der Waals surface area (Å²) in [4.78, 5) is 31.1. The van der Waals surface area contributed by atoms with Gasteiger partial charge in [-0.1, -0.05) is 23.2 Å². The van der Waals surface area contributed by atoms with Gasteiger partial charge in [0.25, 0.3) is 0 Å². The zero-order valence-corrected chi connectivity index (χ0v) is 14.6. The Balaban J connectivity index is 2.63. The van der Waals surface area contributed by atoms with Crippen LogP contribution in [0.2, 0.25) is 10.0 Å². The molecule has 0 fully saturated rings. The van der Waals surface area contributed by atoms with E-state index in [1.54, 1.807) is 32.0 Å². The first-order valence-corrected chi connectivity index (χ1v) is 7.58. The smallest absolute Gasteiger partial charge is 0.318 e. The van der Waals surface area contributed by atoms with Crippen LogP contribution in [0.15, 0.2) is 12.3 Å². The molecule has 1 heterocycles. The van der Waals surface area contributed by atoms with Crippen molar-refractivity contribution in [1.29, 1.82) is 0 Å². The number of hydrogen-bond donors (Lipinski definition) is 1. The Kier molecular flexibility index (Phi) is 6.90. The molecule has 1 aromatic heterocycles. The fourth-order valence-electron chi connectivity index (χ4n) is 1.70. The summed E-state index contributed by atoms with van der Waals surface area (Å²) >= 11 is 11.8. The van der Waals surface area contributed by atoms with E-state index in [4.69, 9.17) is 23.2 Å². The highest BCUT2D eigenvalue weighted by Crippen LogP contribution is 2.19. The molecule has 0 bridgehead atoms. The van der Waals surface area contributed by atoms with Gasteiger partial charge in [-0.3, -0.25) is 9.78 Å². The highest BCUT2D eigenvalue weighted by molar-refractivity contribution is 6.34. The molecule has 122 valence electrons. The second-order valence-electron chi connectivity index (χ2n) is 4.96. The van der Waals surface area contributed by atoms with Crippen molar-refractivity contribution < 1.29 is 9.59 Å². The van der Waals surface area contributed by atoms with Crippen molar-refractivity contribution in [3.8, 4) is 0 Å². The molecule has 22 heavy (non-hydrogen) atoms. The first-order valence-electron chi connectivity index (χ1n) is 6.82. The zero-order chi connectivity index (χ0) is 16.9. The van der Waals surface area contributed by atoms with Crippen molar-refractivity contribution >= 4 is 35.1 Å². The van der Waals surface area contributed by atoms with E-state index in [1.807, 2.05) is 6.92 Å². The maximum absolute atomic E-state index is 12.1. The van der Waals surface area contributed by atoms with Crippen molar-refractivity contribution in [1.82, 2.24) is 20.1 Å². The summed E-state index contributed by atoms with van der Waals surface area (Å²) in [5.41, 5.74) is 0.536. The molecule has 0 aromatic carbocycles. The first-order chi connectivity index (χ1) is 10.3. The predicted octanol–water partition coefficient (Wildman–Crippen LogP) is 2.40. The summed E-state index contributed by atoms with van der Waals surface area (Å²) in [7, 11) is 3.29. The monoisotopic (exact) mass is 346 g/mol. The number of hydrogen-bond acceptors (Lipinski definition) is 3. The van der Waals surface area contributed by atoms with Crippen molar-refractivity contribution in [2.75, 3.05) is 20.6 Å². The van der Waals surface area contributed by atoms with E-state index in [1.165, 1.54) is 11.1 Å². The number of halogens is 2. The lowest BCUT2D eigenvalue weighted by molar-refractivity contribution is -0.131. The van der Waals surface area contributed by atoms with Crippen molar-refractivity contribution in [3.05, 3.63) is 28.0 Å². The van der Waals surface area contributed by atoms with Gasteiger partial charge in [-0.2, -0.15) is 0 Å². The lowest BCUT2D eigenvalue weighted by Crippen LogP contribution is -2.49. The number of urea groups is 1. The summed E-state index contributed by atoms with van der Waals surface area (Å²) in [5.74, 6) is -0.146. The maximum atomic E-state index is 12.1. The molecular formula is C14H20Cl2N4O2. The molecular weight excluding hydrogens is 327 g/mol. The molecule has 6 nitrogen and oxygen atoms in total. The van der Waals surface area contributed by atoms with Crippen LogP contribution in [0.3, 0.4) is 0 Å². The molecule has 8 heteroatoms. The van der Waals surface area contributed by atoms with Crippen LogP contribution < -0.4 is 5.32 Å². The summed E-state index contributed by atoms with van der Waals surface area (Å²) in [6.45, 7) is 4.31. The van der Waals surface area contributed by atoms with Crippen molar-refractivity contribution in [2.45, 2.75) is 26.4 Å². The van der Waals surface area contributed by atoms with Crippen molar-refractivity contribution in [3.63, 3.8) is 0 Å². The SMILES string of the molecule is CCN(C)C(=O)C(C)NC(=O)N(C)Cc1ncc(Cl)cc1Cl. The average molecular weight is 347 g/mol. The molecule has 0 spiro atoms. The normalized spacial score (nSPS) is 11.7. The molecule has 1 rings (SSSR count). The highest BCUT2D eigenvalue weighted by Gasteiger charge is 2.20. The number of nitrogens with one attached hydrogen (secondary N) is 1. The van der Waals surface area contributed by atoms with E-state index in [9.17, 15) is 9.59 Å². The number of carbonyl (C=O) groups is 2. The molecule has 0 aliphatic heterocycles. The van der Waals surface area contributed by atoms with Crippen molar-refractivity contribution in [2.24, 2.45) is 0 Å². The molecule has 1 aromatic rings. The molecule has 1 unspecified atom stereocenters. The fraction of sp³-hybridized carbons (Fsp3) is 0.500. The molecule has 1 atom stereocenters. The Labute approximate surface area is 140 Å². The van der Waals surface area contributed by atoms with Gasteiger partial charge in [-0.25, -0.2) is 4.79 Å². The van der Waals surface area contributed by atoms with E-state index >= 15 is 0 Å². The Bertz CT molecular complexity index is 554. The Morgan fingerprint density at radius 3 is 2.50 bits per heavy atom. The maximum Gasteiger partial charge on any atom is 0.318 e.